The van der Waals surface area contributed by atoms with Crippen LogP contribution >= 0.6 is 69.6 Å². The van der Waals surface area contributed by atoms with Crippen LogP contribution in [0, 0.1) is 0 Å². The number of ether oxygens (including phenoxy) is 2. The monoisotopic (exact) mass is 1500 g/mol. The molecule has 0 amide bonds. The fourth-order valence-corrected chi connectivity index (χ4v) is 10.1. The van der Waals surface area contributed by atoms with Crippen molar-refractivity contribution in [3.8, 4) is 44.9 Å². The van der Waals surface area contributed by atoms with Crippen molar-refractivity contribution in [1.82, 2.24) is 40.7 Å². The first-order valence-electron chi connectivity index (χ1n) is 28.1. The Balaban J connectivity index is 0.000000184. The minimum Gasteiger partial charge on any atom is -0.497 e. The summed E-state index contributed by atoms with van der Waals surface area (Å²) in [5.74, 6) is -17.2. The van der Waals surface area contributed by atoms with Gasteiger partial charge in [-0.25, -0.2) is 23.9 Å². The summed E-state index contributed by atoms with van der Waals surface area (Å²) in [4.78, 5) is 43.4. The van der Waals surface area contributed by atoms with E-state index in [1.807, 2.05) is 5.21 Å². The van der Waals surface area contributed by atoms with Gasteiger partial charge in [0.2, 0.25) is 0 Å². The van der Waals surface area contributed by atoms with Crippen LogP contribution in [0.4, 0.5) is 39.5 Å². The van der Waals surface area contributed by atoms with Crippen molar-refractivity contribution in [2.45, 2.75) is 37.0 Å². The lowest BCUT2D eigenvalue weighted by molar-refractivity contribution is -0.748. The molecular formula is C66H45Cl6F9N9O10+. The number of methoxy groups -OCH3 is 2. The highest BCUT2D eigenvalue weighted by Gasteiger charge is 2.49. The molecule has 19 nitrogen and oxygen atoms in total. The number of carbonyl (C=O) groups is 4. The molecule has 518 valence electrons. The third-order valence-corrected chi connectivity index (χ3v) is 16.5. The minimum atomic E-state index is -5.08. The van der Waals surface area contributed by atoms with Gasteiger partial charge in [-0.05, 0) is 105 Å². The zero-order valence-corrected chi connectivity index (χ0v) is 55.2. The Kier molecular flexibility index (Phi) is 24.0. The SMILES string of the molecule is COc1ccc(C[n+]2[nH]nc(C(F)(F)c3ccc(-c4ccc(Cl)c(Cl)c4)cc3)c2C(=O)O)cc1.COc1ccc(Cn2nnc(C(=O)O)c2C(F)(F)c2ccc(-c3ccc(Cl)c(Cl)c3)cc2)cc1.O=C(O)C(F)(F)F.O=C(O)c1n[nH]nc1C(F)(F)c1ccc(-c2ccc(Cl)c(Cl)c2)cc1. The summed E-state index contributed by atoms with van der Waals surface area (Å²) in [5, 5.41) is 59.1. The maximum Gasteiger partial charge on any atom is 0.490 e. The van der Waals surface area contributed by atoms with E-state index in [-0.39, 0.29) is 13.1 Å². The molecule has 34 heteroatoms. The van der Waals surface area contributed by atoms with E-state index in [0.29, 0.717) is 86.1 Å². The van der Waals surface area contributed by atoms with Gasteiger partial charge < -0.3 is 29.9 Å². The molecule has 0 aliphatic heterocycles. The Bertz CT molecular complexity index is 4760. The smallest absolute Gasteiger partial charge is 0.490 e. The van der Waals surface area contributed by atoms with E-state index in [0.717, 1.165) is 9.36 Å². The average molecular weight is 1510 g/mol. The van der Waals surface area contributed by atoms with E-state index < -0.39 is 98.7 Å². The summed E-state index contributed by atoms with van der Waals surface area (Å²) >= 11 is 35.8. The highest BCUT2D eigenvalue weighted by atomic mass is 35.5. The van der Waals surface area contributed by atoms with Crippen molar-refractivity contribution in [3.63, 3.8) is 0 Å². The highest BCUT2D eigenvalue weighted by molar-refractivity contribution is 6.43. The summed E-state index contributed by atoms with van der Waals surface area (Å²) in [6.45, 7) is -0.0957. The van der Waals surface area contributed by atoms with E-state index in [2.05, 4.69) is 30.8 Å². The van der Waals surface area contributed by atoms with Crippen LogP contribution in [0.15, 0.2) is 176 Å². The molecule has 0 saturated heterocycles. The molecule has 0 unspecified atom stereocenters. The molecule has 100 heavy (non-hydrogen) atoms. The lowest BCUT2D eigenvalue weighted by atomic mass is 9.99. The number of nitrogens with one attached hydrogen (secondary N) is 2. The minimum absolute atomic E-state index is 0.00493. The Morgan fingerprint density at radius 2 is 0.820 bits per heavy atom. The molecule has 11 rings (SSSR count). The van der Waals surface area contributed by atoms with Gasteiger partial charge in [0.25, 0.3) is 5.69 Å². The van der Waals surface area contributed by atoms with Crippen molar-refractivity contribution in [1.29, 1.82) is 0 Å². The standard InChI is InChI=1S/2C24H17Cl2F2N3O3.C16H9Cl2F2N3O2.C2HF3O2/c1-34-18-9-2-14(3-10-18)13-31-21(23(32)33)22(29-30-31)24(27,28)17-7-4-15(5-8-17)16-6-11-19(25)20(26)12-16;1-34-18-9-2-14(3-10-18)13-31-22(21(23(32)33)29-30-31)24(27,28)17-7-4-15(5-8-17)16-6-11-19(25)20(26)12-16;17-11-6-3-9(7-12(11)18)8-1-4-10(5-2-8)16(19,20)14-13(15(24)25)21-23-22-14;3-2(4,5)1(6)7/h2*2-12H,13H2,1H3,(H,32,33);1-7H,(H,24,25)(H,21,22,23);(H,6,7)/p+1. The van der Waals surface area contributed by atoms with Crippen LogP contribution in [0.2, 0.25) is 30.1 Å². The second-order valence-electron chi connectivity index (χ2n) is 20.7. The molecule has 0 aliphatic carbocycles. The van der Waals surface area contributed by atoms with E-state index >= 15 is 17.6 Å². The Morgan fingerprint density at radius 1 is 0.450 bits per heavy atom. The first-order chi connectivity index (χ1) is 47.1. The first-order valence-corrected chi connectivity index (χ1v) is 30.3. The molecule has 0 aliphatic rings. The predicted molar refractivity (Wildman–Crippen MR) is 349 cm³/mol. The molecule has 6 N–H and O–H groups in total. The topological polar surface area (TPSA) is 272 Å². The first kappa shape index (κ1) is 75.5. The number of benzene rings is 8. The fraction of sp³-hybridized carbons (Fsp3) is 0.121. The van der Waals surface area contributed by atoms with Gasteiger partial charge in [-0.1, -0.05) is 195 Å². The number of aliphatic carboxylic acids is 1. The number of aromatic carboxylic acids is 3. The number of hydrogen-bond donors (Lipinski definition) is 6. The predicted octanol–water partition coefficient (Wildman–Crippen LogP) is 17.0. The fourth-order valence-electron chi connectivity index (χ4n) is 9.24. The Morgan fingerprint density at radius 3 is 1.18 bits per heavy atom. The number of alkyl halides is 9. The van der Waals surface area contributed by atoms with Gasteiger partial charge in [0.15, 0.2) is 17.1 Å². The van der Waals surface area contributed by atoms with Gasteiger partial charge in [-0.3, -0.25) is 0 Å². The number of aromatic amines is 2. The Hall–Kier alpha value is -10.2. The number of hydrogen-bond acceptors (Lipinski definition) is 11. The zero-order valence-electron chi connectivity index (χ0n) is 50.7. The molecule has 3 aromatic heterocycles. The summed E-state index contributed by atoms with van der Waals surface area (Å²) in [6, 6.07) is 44.6. The zero-order chi connectivity index (χ0) is 73.2. The Labute approximate surface area is 588 Å². The van der Waals surface area contributed by atoms with E-state index in [4.69, 9.17) is 94.1 Å². The number of nitrogens with zero attached hydrogens (tertiary/aromatic N) is 7. The summed E-state index contributed by atoms with van der Waals surface area (Å²) < 4.78 is 135. The average Bonchev–Trinajstić information content (AvgIpc) is 1.56. The van der Waals surface area contributed by atoms with Crippen LogP contribution in [0.1, 0.15) is 76.4 Å². The van der Waals surface area contributed by atoms with Gasteiger partial charge in [-0.15, -0.1) is 14.9 Å². The van der Waals surface area contributed by atoms with Crippen LogP contribution in [0.5, 0.6) is 11.5 Å². The number of carboxylic acids is 4. The lowest BCUT2D eigenvalue weighted by Gasteiger charge is -2.19. The summed E-state index contributed by atoms with van der Waals surface area (Å²) in [7, 11) is 3.03. The molecule has 3 heterocycles. The van der Waals surface area contributed by atoms with Gasteiger partial charge in [0.05, 0.1) is 50.9 Å². The quantitative estimate of drug-likeness (QED) is 0.0344. The van der Waals surface area contributed by atoms with E-state index in [9.17, 15) is 46.5 Å². The van der Waals surface area contributed by atoms with Crippen LogP contribution < -0.4 is 14.2 Å². The maximum atomic E-state index is 15.7. The third-order valence-electron chi connectivity index (χ3n) is 14.3. The van der Waals surface area contributed by atoms with Crippen molar-refractivity contribution in [2.75, 3.05) is 14.2 Å². The van der Waals surface area contributed by atoms with Crippen LogP contribution in [0.25, 0.3) is 33.4 Å². The van der Waals surface area contributed by atoms with Crippen LogP contribution in [-0.2, 0) is 35.7 Å². The number of aromatic nitrogens is 9. The van der Waals surface area contributed by atoms with Crippen molar-refractivity contribution in [3.05, 3.63) is 268 Å². The highest BCUT2D eigenvalue weighted by Crippen LogP contribution is 2.42. The van der Waals surface area contributed by atoms with E-state index in [1.54, 1.807) is 103 Å². The molecule has 0 atom stereocenters. The van der Waals surface area contributed by atoms with Crippen LogP contribution in [0.3, 0.4) is 0 Å². The molecule has 8 aromatic carbocycles. The molecule has 0 spiro atoms. The number of halogens is 15. The van der Waals surface area contributed by atoms with Gasteiger partial charge >= 0.3 is 53.5 Å². The van der Waals surface area contributed by atoms with E-state index in [1.165, 1.54) is 87.0 Å². The van der Waals surface area contributed by atoms with Gasteiger partial charge in [0, 0.05) is 21.8 Å². The maximum absolute atomic E-state index is 15.7. The molecule has 0 fully saturated rings. The van der Waals surface area contributed by atoms with Gasteiger partial charge in [0.1, 0.15) is 23.7 Å². The van der Waals surface area contributed by atoms with Crippen molar-refractivity contribution in [2.24, 2.45) is 0 Å². The molecule has 0 bridgehead atoms. The molecule has 11 aromatic rings. The third kappa shape index (κ3) is 17.8. The molecular weight excluding hydrogens is 1460 g/mol. The second kappa shape index (κ2) is 31.7. The van der Waals surface area contributed by atoms with Crippen molar-refractivity contribution >= 4 is 93.5 Å². The molecule has 0 radical (unpaired) electrons. The number of carboxylic acid groups (broad SMARTS) is 4. The lowest BCUT2D eigenvalue weighted by Crippen LogP contribution is -2.43. The number of rotatable bonds is 18. The summed E-state index contributed by atoms with van der Waals surface area (Å²) in [6.07, 6.45) is -5.08. The van der Waals surface area contributed by atoms with Crippen molar-refractivity contribution < 1.29 is 93.3 Å². The normalized spacial score (nSPS) is 11.4. The second-order valence-corrected chi connectivity index (χ2v) is 23.2. The van der Waals surface area contributed by atoms with Gasteiger partial charge in [-0.2, -0.15) is 49.8 Å². The number of H-pyrrole nitrogens is 2. The van der Waals surface area contributed by atoms with Crippen LogP contribution in [-0.4, -0.2) is 105 Å². The largest absolute Gasteiger partial charge is 0.497 e. The molecule has 0 saturated carbocycles. The summed E-state index contributed by atoms with van der Waals surface area (Å²) in [5.41, 5.74) is -0.770.